The van der Waals surface area contributed by atoms with Crippen molar-refractivity contribution in [2.24, 2.45) is 0 Å². The molecule has 1 fully saturated rings. The molecule has 0 bridgehead atoms. The number of aliphatic hydroxyl groups is 1. The lowest BCUT2D eigenvalue weighted by Crippen LogP contribution is -2.58. The van der Waals surface area contributed by atoms with E-state index in [-0.39, 0.29) is 19.6 Å². The van der Waals surface area contributed by atoms with E-state index in [4.69, 9.17) is 5.11 Å². The zero-order valence-electron chi connectivity index (χ0n) is 10.7. The SMILES string of the molecule is O=C(O)N1CCN(C(=O)O)C(C(O)c2ccccc2)C1. The molecular formula is C13H16N2O5. The van der Waals surface area contributed by atoms with Gasteiger partial charge in [-0.2, -0.15) is 0 Å². The molecule has 0 radical (unpaired) electrons. The van der Waals surface area contributed by atoms with E-state index >= 15 is 0 Å². The van der Waals surface area contributed by atoms with Crippen LogP contribution in [-0.4, -0.2) is 63.0 Å². The van der Waals surface area contributed by atoms with Crippen LogP contribution in [0, 0.1) is 0 Å². The Hall–Kier alpha value is -2.28. The molecule has 1 heterocycles. The van der Waals surface area contributed by atoms with Crippen molar-refractivity contribution in [3.05, 3.63) is 35.9 Å². The Morgan fingerprint density at radius 3 is 2.30 bits per heavy atom. The smallest absolute Gasteiger partial charge is 0.407 e. The lowest BCUT2D eigenvalue weighted by atomic mass is 9.99. The van der Waals surface area contributed by atoms with E-state index in [1.165, 1.54) is 0 Å². The number of nitrogens with zero attached hydrogens (tertiary/aromatic N) is 2. The summed E-state index contributed by atoms with van der Waals surface area (Å²) in [5, 5.41) is 28.5. The van der Waals surface area contributed by atoms with Crippen LogP contribution in [0.1, 0.15) is 11.7 Å². The summed E-state index contributed by atoms with van der Waals surface area (Å²) in [4.78, 5) is 24.5. The van der Waals surface area contributed by atoms with E-state index in [9.17, 15) is 19.8 Å². The van der Waals surface area contributed by atoms with Crippen LogP contribution in [0.25, 0.3) is 0 Å². The maximum Gasteiger partial charge on any atom is 0.407 e. The molecule has 1 aromatic carbocycles. The van der Waals surface area contributed by atoms with Crippen molar-refractivity contribution in [2.75, 3.05) is 19.6 Å². The van der Waals surface area contributed by atoms with Crippen molar-refractivity contribution in [3.8, 4) is 0 Å². The first-order valence-electron chi connectivity index (χ1n) is 6.21. The van der Waals surface area contributed by atoms with Gasteiger partial charge in [-0.1, -0.05) is 30.3 Å². The Morgan fingerprint density at radius 2 is 1.75 bits per heavy atom. The normalized spacial score (nSPS) is 20.6. The third-order valence-corrected chi connectivity index (χ3v) is 3.44. The number of benzene rings is 1. The van der Waals surface area contributed by atoms with Crippen molar-refractivity contribution in [3.63, 3.8) is 0 Å². The highest BCUT2D eigenvalue weighted by Gasteiger charge is 2.37. The molecule has 0 saturated carbocycles. The van der Waals surface area contributed by atoms with E-state index in [0.29, 0.717) is 5.56 Å². The molecule has 2 rings (SSSR count). The topological polar surface area (TPSA) is 101 Å². The minimum absolute atomic E-state index is 0.0440. The summed E-state index contributed by atoms with van der Waals surface area (Å²) in [6.07, 6.45) is -3.33. The largest absolute Gasteiger partial charge is 0.465 e. The molecule has 1 aliphatic rings. The molecular weight excluding hydrogens is 264 g/mol. The van der Waals surface area contributed by atoms with Crippen LogP contribution in [0.3, 0.4) is 0 Å². The standard InChI is InChI=1S/C13H16N2O5/c16-11(9-4-2-1-3-5-9)10-8-14(12(17)18)6-7-15(10)13(19)20/h1-5,10-11,16H,6-8H2,(H,17,18)(H,19,20). The Bertz CT molecular complexity index is 493. The summed E-state index contributed by atoms with van der Waals surface area (Å²) in [6, 6.07) is 7.83. The monoisotopic (exact) mass is 280 g/mol. The summed E-state index contributed by atoms with van der Waals surface area (Å²) in [6.45, 7) is 0.119. The van der Waals surface area contributed by atoms with Crippen LogP contribution in [0.5, 0.6) is 0 Å². The van der Waals surface area contributed by atoms with Gasteiger partial charge in [-0.05, 0) is 5.56 Å². The number of amides is 2. The quantitative estimate of drug-likeness (QED) is 0.752. The molecule has 7 nitrogen and oxygen atoms in total. The number of aliphatic hydroxyl groups excluding tert-OH is 1. The van der Waals surface area contributed by atoms with E-state index < -0.39 is 24.3 Å². The van der Waals surface area contributed by atoms with Gasteiger partial charge in [-0.3, -0.25) is 4.90 Å². The molecule has 7 heteroatoms. The second-order valence-corrected chi connectivity index (χ2v) is 4.63. The van der Waals surface area contributed by atoms with Crippen molar-refractivity contribution in [2.45, 2.75) is 12.1 Å². The maximum atomic E-state index is 11.2. The molecule has 1 aliphatic heterocycles. The molecule has 2 amide bonds. The molecule has 20 heavy (non-hydrogen) atoms. The van der Waals surface area contributed by atoms with Gasteiger partial charge in [0.25, 0.3) is 0 Å². The lowest BCUT2D eigenvalue weighted by molar-refractivity contribution is 0.00326. The van der Waals surface area contributed by atoms with Gasteiger partial charge in [0.1, 0.15) is 6.10 Å². The van der Waals surface area contributed by atoms with Crippen molar-refractivity contribution >= 4 is 12.2 Å². The van der Waals surface area contributed by atoms with Gasteiger partial charge >= 0.3 is 12.2 Å². The fourth-order valence-corrected chi connectivity index (χ4v) is 2.36. The average Bonchev–Trinajstić information content (AvgIpc) is 2.46. The maximum absolute atomic E-state index is 11.2. The molecule has 108 valence electrons. The fraction of sp³-hybridized carbons (Fsp3) is 0.385. The predicted molar refractivity (Wildman–Crippen MR) is 69.5 cm³/mol. The fourth-order valence-electron chi connectivity index (χ4n) is 2.36. The minimum Gasteiger partial charge on any atom is -0.465 e. The van der Waals surface area contributed by atoms with E-state index in [1.54, 1.807) is 30.3 Å². The van der Waals surface area contributed by atoms with Gasteiger partial charge in [0.05, 0.1) is 6.04 Å². The number of hydrogen-bond acceptors (Lipinski definition) is 3. The zero-order chi connectivity index (χ0) is 14.7. The summed E-state index contributed by atoms with van der Waals surface area (Å²) in [5.41, 5.74) is 0.566. The molecule has 3 N–H and O–H groups in total. The first kappa shape index (κ1) is 14.1. The van der Waals surface area contributed by atoms with Crippen molar-refractivity contribution in [1.82, 2.24) is 9.80 Å². The van der Waals surface area contributed by atoms with Gasteiger partial charge in [-0.15, -0.1) is 0 Å². The highest BCUT2D eigenvalue weighted by atomic mass is 16.4. The van der Waals surface area contributed by atoms with Crippen LogP contribution < -0.4 is 0 Å². The second-order valence-electron chi connectivity index (χ2n) is 4.63. The predicted octanol–water partition coefficient (Wildman–Crippen LogP) is 1.06. The highest BCUT2D eigenvalue weighted by Crippen LogP contribution is 2.24. The van der Waals surface area contributed by atoms with E-state index in [1.807, 2.05) is 0 Å². The molecule has 0 spiro atoms. The van der Waals surface area contributed by atoms with Crippen molar-refractivity contribution in [1.29, 1.82) is 0 Å². The van der Waals surface area contributed by atoms with Crippen LogP contribution in [0.15, 0.2) is 30.3 Å². The lowest BCUT2D eigenvalue weighted by Gasteiger charge is -2.40. The first-order chi connectivity index (χ1) is 9.50. The van der Waals surface area contributed by atoms with E-state index in [0.717, 1.165) is 9.80 Å². The molecule has 2 atom stereocenters. The third kappa shape index (κ3) is 2.83. The van der Waals surface area contributed by atoms with E-state index in [2.05, 4.69) is 0 Å². The summed E-state index contributed by atoms with van der Waals surface area (Å²) in [7, 11) is 0. The van der Waals surface area contributed by atoms with Crippen LogP contribution >= 0.6 is 0 Å². The molecule has 0 aromatic heterocycles. The number of carboxylic acid groups (broad SMARTS) is 2. The van der Waals surface area contributed by atoms with Crippen LogP contribution in [-0.2, 0) is 0 Å². The van der Waals surface area contributed by atoms with Gasteiger partial charge in [-0.25, -0.2) is 9.59 Å². The summed E-state index contributed by atoms with van der Waals surface area (Å²) in [5.74, 6) is 0. The number of hydrogen-bond donors (Lipinski definition) is 3. The minimum atomic E-state index is -1.16. The Balaban J connectivity index is 2.23. The molecule has 2 unspecified atom stereocenters. The van der Waals surface area contributed by atoms with Gasteiger partial charge < -0.3 is 20.2 Å². The number of carbonyl (C=O) groups is 2. The number of rotatable bonds is 2. The molecule has 0 aliphatic carbocycles. The summed E-state index contributed by atoms with van der Waals surface area (Å²) < 4.78 is 0. The molecule has 1 aromatic rings. The summed E-state index contributed by atoms with van der Waals surface area (Å²) >= 11 is 0. The second kappa shape index (κ2) is 5.79. The van der Waals surface area contributed by atoms with Gasteiger partial charge in [0.2, 0.25) is 0 Å². The van der Waals surface area contributed by atoms with Crippen LogP contribution in [0.4, 0.5) is 9.59 Å². The highest BCUT2D eigenvalue weighted by molar-refractivity contribution is 5.68. The Morgan fingerprint density at radius 1 is 1.10 bits per heavy atom. The number of piperazine rings is 1. The molecule has 1 saturated heterocycles. The van der Waals surface area contributed by atoms with Crippen molar-refractivity contribution < 1.29 is 24.9 Å². The van der Waals surface area contributed by atoms with Crippen LogP contribution in [0.2, 0.25) is 0 Å². The Kier molecular flexibility index (Phi) is 4.09. The first-order valence-corrected chi connectivity index (χ1v) is 6.21. The Labute approximate surface area is 115 Å². The van der Waals surface area contributed by atoms with Gasteiger partial charge in [0.15, 0.2) is 0 Å². The van der Waals surface area contributed by atoms with Gasteiger partial charge in [0, 0.05) is 19.6 Å². The zero-order valence-corrected chi connectivity index (χ0v) is 10.7. The third-order valence-electron chi connectivity index (χ3n) is 3.44. The average molecular weight is 280 g/mol.